The Balaban J connectivity index is 1.99. The van der Waals surface area contributed by atoms with Gasteiger partial charge in [-0.25, -0.2) is 4.68 Å². The van der Waals surface area contributed by atoms with Gasteiger partial charge in [0.2, 0.25) is 0 Å². The minimum absolute atomic E-state index is 0.151. The summed E-state index contributed by atoms with van der Waals surface area (Å²) in [7, 11) is 1.55. The zero-order chi connectivity index (χ0) is 16.4. The molecule has 3 aromatic rings. The maximum absolute atomic E-state index is 12.6. The van der Waals surface area contributed by atoms with Crippen LogP contribution in [-0.2, 0) is 7.05 Å². The molecular formula is C18H17N3O2. The molecule has 1 atom stereocenters. The third-order valence-electron chi connectivity index (χ3n) is 3.82. The highest BCUT2D eigenvalue weighted by molar-refractivity contribution is 6.04. The van der Waals surface area contributed by atoms with E-state index in [0.717, 1.165) is 5.56 Å². The Morgan fingerprint density at radius 3 is 2.35 bits per heavy atom. The van der Waals surface area contributed by atoms with Gasteiger partial charge in [0.15, 0.2) is 5.69 Å². The van der Waals surface area contributed by atoms with Gasteiger partial charge in [-0.05, 0) is 18.6 Å². The Kier molecular flexibility index (Phi) is 3.93. The van der Waals surface area contributed by atoms with Gasteiger partial charge < -0.3 is 5.32 Å². The minimum atomic E-state index is -0.298. The number of hydrogen-bond donors (Lipinski definition) is 1. The first-order valence-corrected chi connectivity index (χ1v) is 7.40. The van der Waals surface area contributed by atoms with E-state index in [4.69, 9.17) is 0 Å². The molecule has 2 aromatic carbocycles. The number of amides is 1. The summed E-state index contributed by atoms with van der Waals surface area (Å²) in [4.78, 5) is 24.7. The highest BCUT2D eigenvalue weighted by Gasteiger charge is 2.17. The van der Waals surface area contributed by atoms with Gasteiger partial charge in [0.05, 0.1) is 11.4 Å². The first-order chi connectivity index (χ1) is 11.1. The number of benzene rings is 2. The maximum atomic E-state index is 12.6. The van der Waals surface area contributed by atoms with Crippen LogP contribution in [0.5, 0.6) is 0 Å². The molecule has 1 heterocycles. The average Bonchev–Trinajstić information content (AvgIpc) is 2.58. The number of nitrogens with one attached hydrogen (secondary N) is 1. The van der Waals surface area contributed by atoms with Crippen molar-refractivity contribution in [2.45, 2.75) is 13.0 Å². The molecule has 3 rings (SSSR count). The van der Waals surface area contributed by atoms with Gasteiger partial charge in [0, 0.05) is 12.4 Å². The second-order valence-corrected chi connectivity index (χ2v) is 5.43. The lowest BCUT2D eigenvalue weighted by Crippen LogP contribution is -2.31. The molecule has 0 aliphatic heterocycles. The van der Waals surface area contributed by atoms with Crippen molar-refractivity contribution in [3.63, 3.8) is 0 Å². The highest BCUT2D eigenvalue weighted by Crippen LogP contribution is 2.16. The molecular weight excluding hydrogens is 290 g/mol. The molecule has 0 saturated heterocycles. The van der Waals surface area contributed by atoms with Crippen molar-refractivity contribution in [1.29, 1.82) is 0 Å². The van der Waals surface area contributed by atoms with Gasteiger partial charge >= 0.3 is 0 Å². The number of nitrogens with zero attached hydrogens (tertiary/aromatic N) is 2. The molecule has 0 bridgehead atoms. The molecule has 5 nitrogen and oxygen atoms in total. The first kappa shape index (κ1) is 15.0. The molecule has 5 heteroatoms. The summed E-state index contributed by atoms with van der Waals surface area (Å²) in [5, 5.41) is 8.13. The van der Waals surface area contributed by atoms with E-state index in [9.17, 15) is 9.59 Å². The van der Waals surface area contributed by atoms with Crippen LogP contribution in [0.2, 0.25) is 0 Å². The van der Waals surface area contributed by atoms with E-state index in [1.807, 2.05) is 37.3 Å². The fourth-order valence-electron chi connectivity index (χ4n) is 2.56. The summed E-state index contributed by atoms with van der Waals surface area (Å²) in [6.45, 7) is 1.91. The largest absolute Gasteiger partial charge is 0.344 e. The predicted octanol–water partition coefficient (Wildman–Crippen LogP) is 2.42. The number of fused-ring (bicyclic) bond motifs is 1. The molecule has 23 heavy (non-hydrogen) atoms. The fraction of sp³-hybridized carbons (Fsp3) is 0.167. The van der Waals surface area contributed by atoms with E-state index < -0.39 is 0 Å². The van der Waals surface area contributed by atoms with Crippen LogP contribution in [0.15, 0.2) is 59.4 Å². The van der Waals surface area contributed by atoms with E-state index in [1.165, 1.54) is 4.68 Å². The van der Waals surface area contributed by atoms with Gasteiger partial charge in [-0.2, -0.15) is 5.10 Å². The van der Waals surface area contributed by atoms with Gasteiger partial charge in [-0.15, -0.1) is 0 Å². The molecule has 0 aliphatic carbocycles. The van der Waals surface area contributed by atoms with E-state index >= 15 is 0 Å². The molecule has 1 N–H and O–H groups in total. The van der Waals surface area contributed by atoms with Gasteiger partial charge in [-0.3, -0.25) is 9.59 Å². The van der Waals surface area contributed by atoms with E-state index in [1.54, 1.807) is 31.3 Å². The van der Waals surface area contributed by atoms with E-state index in [0.29, 0.717) is 10.8 Å². The SMILES string of the molecule is C[C@@H](NC(=O)c1nn(C)c(=O)c2ccccc12)c1ccccc1. The van der Waals surface area contributed by atoms with Gasteiger partial charge in [-0.1, -0.05) is 48.5 Å². The Labute approximate surface area is 133 Å². The average molecular weight is 307 g/mol. The molecule has 0 unspecified atom stereocenters. The van der Waals surface area contributed by atoms with E-state index in [2.05, 4.69) is 10.4 Å². The lowest BCUT2D eigenvalue weighted by molar-refractivity contribution is 0.0934. The zero-order valence-electron chi connectivity index (χ0n) is 13.0. The Hall–Kier alpha value is -2.95. The minimum Gasteiger partial charge on any atom is -0.344 e. The van der Waals surface area contributed by atoms with Crippen molar-refractivity contribution in [3.05, 3.63) is 76.2 Å². The quantitative estimate of drug-likeness (QED) is 0.808. The monoisotopic (exact) mass is 307 g/mol. The van der Waals surface area contributed by atoms with E-state index in [-0.39, 0.29) is 23.2 Å². The molecule has 1 amide bonds. The molecule has 0 saturated carbocycles. The summed E-state index contributed by atoms with van der Waals surface area (Å²) < 4.78 is 1.20. The predicted molar refractivity (Wildman–Crippen MR) is 89.3 cm³/mol. The third-order valence-corrected chi connectivity index (χ3v) is 3.82. The molecule has 0 spiro atoms. The molecule has 0 aliphatic rings. The Morgan fingerprint density at radius 2 is 1.65 bits per heavy atom. The second-order valence-electron chi connectivity index (χ2n) is 5.43. The topological polar surface area (TPSA) is 64.0 Å². The number of hydrogen-bond acceptors (Lipinski definition) is 3. The summed E-state index contributed by atoms with van der Waals surface area (Å²) >= 11 is 0. The molecule has 116 valence electrons. The number of aryl methyl sites for hydroxylation is 1. The summed E-state index contributed by atoms with van der Waals surface area (Å²) in [5.74, 6) is -0.298. The van der Waals surface area contributed by atoms with Gasteiger partial charge in [0.25, 0.3) is 11.5 Å². The van der Waals surface area contributed by atoms with Gasteiger partial charge in [0.1, 0.15) is 0 Å². The van der Waals surface area contributed by atoms with Crippen molar-refractivity contribution in [2.24, 2.45) is 7.05 Å². The normalized spacial score (nSPS) is 12.1. The highest BCUT2D eigenvalue weighted by atomic mass is 16.2. The van der Waals surface area contributed by atoms with Crippen molar-refractivity contribution >= 4 is 16.7 Å². The van der Waals surface area contributed by atoms with Crippen LogP contribution in [-0.4, -0.2) is 15.7 Å². The summed E-state index contributed by atoms with van der Waals surface area (Å²) in [5.41, 5.74) is 1.05. The summed E-state index contributed by atoms with van der Waals surface area (Å²) in [6.07, 6.45) is 0. The van der Waals surface area contributed by atoms with Crippen LogP contribution in [0.3, 0.4) is 0 Å². The van der Waals surface area contributed by atoms with Crippen molar-refractivity contribution in [1.82, 2.24) is 15.1 Å². The Morgan fingerprint density at radius 1 is 1.04 bits per heavy atom. The lowest BCUT2D eigenvalue weighted by atomic mass is 10.1. The number of aromatic nitrogens is 2. The molecule has 0 fully saturated rings. The maximum Gasteiger partial charge on any atom is 0.274 e. The van der Waals surface area contributed by atoms with Crippen LogP contribution in [0.25, 0.3) is 10.8 Å². The standard InChI is InChI=1S/C18H17N3O2/c1-12(13-8-4-3-5-9-13)19-17(22)16-14-10-6-7-11-15(14)18(23)21(2)20-16/h3-12H,1-2H3,(H,19,22)/t12-/m1/s1. The third kappa shape index (κ3) is 2.85. The van der Waals surface area contributed by atoms with Crippen molar-refractivity contribution in [2.75, 3.05) is 0 Å². The van der Waals surface area contributed by atoms with Crippen LogP contribution in [0, 0.1) is 0 Å². The number of rotatable bonds is 3. The fourth-order valence-corrected chi connectivity index (χ4v) is 2.56. The second kappa shape index (κ2) is 6.04. The van der Waals surface area contributed by atoms with Crippen LogP contribution in [0.4, 0.5) is 0 Å². The smallest absolute Gasteiger partial charge is 0.274 e. The summed E-state index contributed by atoms with van der Waals surface area (Å²) in [6, 6.07) is 16.6. The number of carbonyl (C=O) groups is 1. The Bertz CT molecular complexity index is 916. The lowest BCUT2D eigenvalue weighted by Gasteiger charge is -2.15. The first-order valence-electron chi connectivity index (χ1n) is 7.40. The molecule has 1 aromatic heterocycles. The molecule has 0 radical (unpaired) electrons. The van der Waals surface area contributed by atoms with Crippen LogP contribution >= 0.6 is 0 Å². The zero-order valence-corrected chi connectivity index (χ0v) is 13.0. The van der Waals surface area contributed by atoms with Crippen molar-refractivity contribution < 1.29 is 4.79 Å². The van der Waals surface area contributed by atoms with Crippen LogP contribution < -0.4 is 10.9 Å². The number of carbonyl (C=O) groups excluding carboxylic acids is 1. The van der Waals surface area contributed by atoms with Crippen LogP contribution in [0.1, 0.15) is 29.0 Å². The van der Waals surface area contributed by atoms with Crippen molar-refractivity contribution in [3.8, 4) is 0 Å².